The number of aryl methyl sites for hydroxylation is 1. The van der Waals surface area contributed by atoms with Crippen LogP contribution in [0.2, 0.25) is 0 Å². The highest BCUT2D eigenvalue weighted by atomic mass is 32.1. The molecule has 0 atom stereocenters. The highest BCUT2D eigenvalue weighted by Gasteiger charge is 2.08. The average molecular weight is 279 g/mol. The molecule has 100 valence electrons. The van der Waals surface area contributed by atoms with Gasteiger partial charge in [-0.15, -0.1) is 0 Å². The fourth-order valence-electron chi connectivity index (χ4n) is 1.61. The average Bonchev–Trinajstić information content (AvgIpc) is 2.69. The molecule has 0 spiro atoms. The van der Waals surface area contributed by atoms with E-state index in [0.29, 0.717) is 21.3 Å². The molecular weight excluding hydrogens is 266 g/mol. The Hall–Kier alpha value is -2.19. The molecular formula is C11H13N5O2S. The molecule has 0 bridgehead atoms. The van der Waals surface area contributed by atoms with Crippen LogP contribution in [0.4, 0.5) is 10.5 Å². The van der Waals surface area contributed by atoms with Gasteiger partial charge < -0.3 is 5.32 Å². The number of hydrogen-bond donors (Lipinski definition) is 3. The van der Waals surface area contributed by atoms with Crippen molar-refractivity contribution in [2.24, 2.45) is 0 Å². The van der Waals surface area contributed by atoms with Crippen molar-refractivity contribution in [3.63, 3.8) is 0 Å². The van der Waals surface area contributed by atoms with Gasteiger partial charge in [-0.2, -0.15) is 5.10 Å². The summed E-state index contributed by atoms with van der Waals surface area (Å²) < 4.78 is 2.22. The van der Waals surface area contributed by atoms with E-state index in [1.165, 1.54) is 7.05 Å². The molecule has 0 aliphatic carbocycles. The number of nitrogens with one attached hydrogen (secondary N) is 2. The highest BCUT2D eigenvalue weighted by molar-refractivity contribution is 7.71. The molecule has 1 heterocycles. The topological polar surface area (TPSA) is 86.2 Å². The number of benzene rings is 1. The lowest BCUT2D eigenvalue weighted by atomic mass is 10.2. The first-order valence-corrected chi connectivity index (χ1v) is 5.88. The maximum Gasteiger partial charge on any atom is 0.345 e. The van der Waals surface area contributed by atoms with Crippen molar-refractivity contribution in [2.75, 3.05) is 12.4 Å². The van der Waals surface area contributed by atoms with Crippen LogP contribution in [0.5, 0.6) is 0 Å². The largest absolute Gasteiger partial charge is 0.345 e. The number of nitrogens with zero attached hydrogens (tertiary/aromatic N) is 3. The van der Waals surface area contributed by atoms with Crippen molar-refractivity contribution in [1.29, 1.82) is 0 Å². The predicted molar refractivity (Wildman–Crippen MR) is 72.1 cm³/mol. The smallest absolute Gasteiger partial charge is 0.306 e. The van der Waals surface area contributed by atoms with Gasteiger partial charge in [0, 0.05) is 12.7 Å². The first kappa shape index (κ1) is 13.2. The molecule has 0 unspecified atom stereocenters. The van der Waals surface area contributed by atoms with E-state index in [2.05, 4.69) is 15.5 Å². The number of urea groups is 1. The molecule has 1 aromatic carbocycles. The van der Waals surface area contributed by atoms with Crippen LogP contribution in [-0.2, 0) is 0 Å². The van der Waals surface area contributed by atoms with E-state index in [1.54, 1.807) is 22.8 Å². The molecule has 0 aliphatic heterocycles. The number of carbonyl (C=O) groups is 1. The van der Waals surface area contributed by atoms with Gasteiger partial charge in [0.1, 0.15) is 5.82 Å². The Morgan fingerprint density at radius 3 is 2.89 bits per heavy atom. The monoisotopic (exact) mass is 279 g/mol. The van der Waals surface area contributed by atoms with Crippen LogP contribution in [0.15, 0.2) is 24.3 Å². The van der Waals surface area contributed by atoms with Gasteiger partial charge in [-0.05, 0) is 37.3 Å². The first-order valence-electron chi connectivity index (χ1n) is 5.47. The van der Waals surface area contributed by atoms with Crippen molar-refractivity contribution in [3.8, 4) is 5.69 Å². The Morgan fingerprint density at radius 2 is 2.32 bits per heavy atom. The molecule has 7 nitrogen and oxygen atoms in total. The fourth-order valence-corrected chi connectivity index (χ4v) is 1.89. The normalized spacial score (nSPS) is 10.3. The molecule has 1 aromatic heterocycles. The number of hydroxylamine groups is 2. The number of hydrogen-bond acceptors (Lipinski definition) is 4. The number of amides is 2. The van der Waals surface area contributed by atoms with Gasteiger partial charge in [-0.25, -0.2) is 9.86 Å². The van der Waals surface area contributed by atoms with Gasteiger partial charge in [0.25, 0.3) is 0 Å². The second kappa shape index (κ2) is 5.21. The molecule has 0 fully saturated rings. The highest BCUT2D eigenvalue weighted by Crippen LogP contribution is 2.16. The van der Waals surface area contributed by atoms with Crippen molar-refractivity contribution in [3.05, 3.63) is 34.9 Å². The fraction of sp³-hybridized carbons (Fsp3) is 0.182. The van der Waals surface area contributed by atoms with Crippen molar-refractivity contribution in [1.82, 2.24) is 19.8 Å². The Labute approximate surface area is 114 Å². The minimum Gasteiger partial charge on any atom is -0.306 e. The number of aromatic amines is 1. The van der Waals surface area contributed by atoms with E-state index in [-0.39, 0.29) is 0 Å². The van der Waals surface area contributed by atoms with Gasteiger partial charge in [-0.3, -0.25) is 14.9 Å². The summed E-state index contributed by atoms with van der Waals surface area (Å²) in [5.74, 6) is 0.716. The van der Waals surface area contributed by atoms with Crippen LogP contribution in [-0.4, -0.2) is 38.1 Å². The summed E-state index contributed by atoms with van der Waals surface area (Å²) in [6.07, 6.45) is 0. The molecule has 3 N–H and O–H groups in total. The van der Waals surface area contributed by atoms with Crippen molar-refractivity contribution < 1.29 is 10.0 Å². The molecule has 19 heavy (non-hydrogen) atoms. The summed E-state index contributed by atoms with van der Waals surface area (Å²) >= 11 is 5.14. The van der Waals surface area contributed by atoms with Crippen LogP contribution in [0.25, 0.3) is 5.69 Å². The zero-order chi connectivity index (χ0) is 14.0. The zero-order valence-electron chi connectivity index (χ0n) is 10.4. The van der Waals surface area contributed by atoms with E-state index >= 15 is 0 Å². The quantitative estimate of drug-likeness (QED) is 0.446. The van der Waals surface area contributed by atoms with Crippen LogP contribution < -0.4 is 5.32 Å². The molecule has 2 rings (SSSR count). The number of aromatic nitrogens is 3. The summed E-state index contributed by atoms with van der Waals surface area (Å²) in [5.41, 5.74) is 1.32. The van der Waals surface area contributed by atoms with E-state index in [0.717, 1.165) is 5.69 Å². The van der Waals surface area contributed by atoms with Crippen molar-refractivity contribution in [2.45, 2.75) is 6.92 Å². The van der Waals surface area contributed by atoms with Gasteiger partial charge in [0.2, 0.25) is 0 Å². The molecule has 0 radical (unpaired) electrons. The van der Waals surface area contributed by atoms with Gasteiger partial charge in [0.05, 0.1) is 5.69 Å². The minimum absolute atomic E-state index is 0.472. The van der Waals surface area contributed by atoms with E-state index < -0.39 is 6.03 Å². The van der Waals surface area contributed by atoms with Crippen LogP contribution in [0, 0.1) is 11.7 Å². The Kier molecular flexibility index (Phi) is 3.63. The number of H-pyrrole nitrogens is 1. The van der Waals surface area contributed by atoms with Crippen LogP contribution >= 0.6 is 12.2 Å². The first-order chi connectivity index (χ1) is 8.99. The Balaban J connectivity index is 2.35. The summed E-state index contributed by atoms with van der Waals surface area (Å²) in [4.78, 5) is 11.4. The predicted octanol–water partition coefficient (Wildman–Crippen LogP) is 2.09. The molecule has 0 saturated heterocycles. The van der Waals surface area contributed by atoms with Crippen LogP contribution in [0.1, 0.15) is 5.82 Å². The van der Waals surface area contributed by atoms with Gasteiger partial charge >= 0.3 is 6.03 Å². The Morgan fingerprint density at radius 1 is 1.58 bits per heavy atom. The second-order valence-corrected chi connectivity index (χ2v) is 4.30. The second-order valence-electron chi connectivity index (χ2n) is 3.92. The third-order valence-corrected chi connectivity index (χ3v) is 2.76. The summed E-state index contributed by atoms with van der Waals surface area (Å²) in [6, 6.07) is 6.45. The number of rotatable bonds is 2. The van der Waals surface area contributed by atoms with Gasteiger partial charge in [0.15, 0.2) is 4.77 Å². The van der Waals surface area contributed by atoms with Crippen molar-refractivity contribution >= 4 is 23.9 Å². The molecule has 8 heteroatoms. The maximum absolute atomic E-state index is 11.4. The van der Waals surface area contributed by atoms with Crippen LogP contribution in [0.3, 0.4) is 0 Å². The standard InChI is InChI=1S/C11H13N5O2S/c1-7-13-14-11(19)16(7)9-5-3-4-8(6-9)12-10(17)15(2)18/h3-6,18H,1-2H3,(H,12,17)(H,14,19). The molecule has 2 amide bonds. The SMILES string of the molecule is Cc1n[nH]c(=S)n1-c1cccc(NC(=O)N(C)O)c1. The lowest BCUT2D eigenvalue weighted by molar-refractivity contribution is -0.0118. The minimum atomic E-state index is -0.621. The zero-order valence-corrected chi connectivity index (χ0v) is 11.2. The molecule has 0 saturated carbocycles. The summed E-state index contributed by atoms with van der Waals surface area (Å²) in [6.45, 7) is 1.82. The maximum atomic E-state index is 11.4. The van der Waals surface area contributed by atoms with E-state index in [1.807, 2.05) is 13.0 Å². The number of anilines is 1. The number of carbonyl (C=O) groups excluding carboxylic acids is 1. The summed E-state index contributed by atoms with van der Waals surface area (Å²) in [7, 11) is 1.25. The molecule has 0 aliphatic rings. The third-order valence-electron chi connectivity index (χ3n) is 2.49. The lowest BCUT2D eigenvalue weighted by Gasteiger charge is -2.11. The van der Waals surface area contributed by atoms with Gasteiger partial charge in [-0.1, -0.05) is 6.07 Å². The Bertz CT molecular complexity index is 661. The van der Waals surface area contributed by atoms with E-state index in [9.17, 15) is 4.79 Å². The lowest BCUT2D eigenvalue weighted by Crippen LogP contribution is -2.27. The van der Waals surface area contributed by atoms with E-state index in [4.69, 9.17) is 17.4 Å². The third kappa shape index (κ3) is 2.80. The molecule has 2 aromatic rings. The summed E-state index contributed by atoms with van der Waals surface area (Å²) in [5, 5.41) is 18.7.